The average molecular weight is 284 g/mol. The van der Waals surface area contributed by atoms with E-state index in [-0.39, 0.29) is 0 Å². The second-order valence-electron chi connectivity index (χ2n) is 6.79. The average Bonchev–Trinajstić information content (AvgIpc) is 3.02. The number of hydrogen-bond donors (Lipinski definition) is 0. The lowest BCUT2D eigenvalue weighted by Gasteiger charge is -2.08. The van der Waals surface area contributed by atoms with Gasteiger partial charge in [0.1, 0.15) is 5.75 Å². The fourth-order valence-electron chi connectivity index (χ4n) is 3.27. The van der Waals surface area contributed by atoms with E-state index in [9.17, 15) is 0 Å². The minimum absolute atomic E-state index is 0.588. The van der Waals surface area contributed by atoms with Crippen LogP contribution in [0.4, 0.5) is 0 Å². The Morgan fingerprint density at radius 1 is 1.24 bits per heavy atom. The van der Waals surface area contributed by atoms with Gasteiger partial charge in [-0.3, -0.25) is 0 Å². The topological polar surface area (TPSA) is 9.23 Å². The monoisotopic (exact) mass is 284 g/mol. The molecule has 2 unspecified atom stereocenters. The van der Waals surface area contributed by atoms with Crippen molar-refractivity contribution in [2.75, 3.05) is 7.11 Å². The first kappa shape index (κ1) is 15.9. The molecule has 0 aliphatic heterocycles. The van der Waals surface area contributed by atoms with Crippen LogP contribution >= 0.6 is 0 Å². The van der Waals surface area contributed by atoms with E-state index < -0.39 is 0 Å². The van der Waals surface area contributed by atoms with Crippen molar-refractivity contribution in [2.24, 2.45) is 17.3 Å². The molecule has 3 rings (SSSR count). The van der Waals surface area contributed by atoms with E-state index in [2.05, 4.69) is 33.4 Å². The summed E-state index contributed by atoms with van der Waals surface area (Å²) < 4.78 is 5.02. The molecule has 114 valence electrons. The molecule has 0 amide bonds. The number of fused-ring (bicyclic) bond motifs is 1. The molecule has 2 aliphatic rings. The van der Waals surface area contributed by atoms with E-state index in [0.717, 1.165) is 24.0 Å². The maximum atomic E-state index is 5.02. The third-order valence-electron chi connectivity index (χ3n) is 4.82. The molecular formula is C20H28O. The minimum atomic E-state index is 0.588. The second kappa shape index (κ2) is 6.51. The Labute approximate surface area is 129 Å². The van der Waals surface area contributed by atoms with Gasteiger partial charge >= 0.3 is 0 Å². The Morgan fingerprint density at radius 2 is 1.90 bits per heavy atom. The second-order valence-corrected chi connectivity index (χ2v) is 6.79. The Balaban J connectivity index is 0.000000154. The van der Waals surface area contributed by atoms with Crippen LogP contribution in [-0.4, -0.2) is 7.11 Å². The highest BCUT2D eigenvalue weighted by atomic mass is 16.5. The van der Waals surface area contributed by atoms with Gasteiger partial charge in [-0.1, -0.05) is 50.6 Å². The quantitative estimate of drug-likeness (QED) is 0.673. The number of rotatable bonds is 3. The fourth-order valence-corrected chi connectivity index (χ4v) is 3.27. The van der Waals surface area contributed by atoms with Crippen molar-refractivity contribution in [1.29, 1.82) is 0 Å². The van der Waals surface area contributed by atoms with Gasteiger partial charge in [-0.05, 0) is 54.2 Å². The van der Waals surface area contributed by atoms with Gasteiger partial charge in [0.25, 0.3) is 0 Å². The van der Waals surface area contributed by atoms with Crippen LogP contribution in [0.25, 0.3) is 0 Å². The predicted octanol–water partition coefficient (Wildman–Crippen LogP) is 5.42. The lowest BCUT2D eigenvalue weighted by molar-refractivity contribution is 0.414. The SMILES string of the molecule is C=CCc1ccc(OC)cc1.CC1C=C2C(CC1)C2(C)C. The van der Waals surface area contributed by atoms with E-state index in [0.29, 0.717) is 5.41 Å². The summed E-state index contributed by atoms with van der Waals surface area (Å²) in [5.74, 6) is 2.72. The number of methoxy groups -OCH3 is 1. The number of benzene rings is 1. The molecular weight excluding hydrogens is 256 g/mol. The molecule has 1 saturated carbocycles. The third-order valence-corrected chi connectivity index (χ3v) is 4.82. The Kier molecular flexibility index (Phi) is 4.92. The first-order valence-corrected chi connectivity index (χ1v) is 7.95. The van der Waals surface area contributed by atoms with Gasteiger partial charge in [0, 0.05) is 0 Å². The number of ether oxygens (including phenoxy) is 1. The molecule has 21 heavy (non-hydrogen) atoms. The van der Waals surface area contributed by atoms with Crippen LogP contribution in [0.1, 0.15) is 39.2 Å². The zero-order chi connectivity index (χ0) is 15.5. The summed E-state index contributed by atoms with van der Waals surface area (Å²) in [6.07, 6.45) is 8.16. The maximum Gasteiger partial charge on any atom is 0.118 e. The molecule has 0 N–H and O–H groups in total. The number of allylic oxidation sites excluding steroid dienone is 3. The van der Waals surface area contributed by atoms with Gasteiger partial charge in [0.05, 0.1) is 7.11 Å². The highest BCUT2D eigenvalue weighted by Gasteiger charge is 2.52. The molecule has 1 aromatic carbocycles. The van der Waals surface area contributed by atoms with E-state index in [4.69, 9.17) is 4.74 Å². The predicted molar refractivity (Wildman–Crippen MR) is 90.6 cm³/mol. The summed E-state index contributed by atoms with van der Waals surface area (Å²) in [7, 11) is 1.67. The smallest absolute Gasteiger partial charge is 0.118 e. The molecule has 1 nitrogen and oxygen atoms in total. The van der Waals surface area contributed by atoms with Gasteiger partial charge in [-0.2, -0.15) is 0 Å². The fraction of sp³-hybridized carbons (Fsp3) is 0.500. The van der Waals surface area contributed by atoms with E-state index >= 15 is 0 Å². The van der Waals surface area contributed by atoms with Crippen LogP contribution in [-0.2, 0) is 6.42 Å². The minimum Gasteiger partial charge on any atom is -0.497 e. The zero-order valence-corrected chi connectivity index (χ0v) is 13.9. The zero-order valence-electron chi connectivity index (χ0n) is 13.9. The summed E-state index contributed by atoms with van der Waals surface area (Å²) >= 11 is 0. The van der Waals surface area contributed by atoms with Crippen molar-refractivity contribution < 1.29 is 4.74 Å². The van der Waals surface area contributed by atoms with Crippen LogP contribution in [0, 0.1) is 17.3 Å². The maximum absolute atomic E-state index is 5.02. The van der Waals surface area contributed by atoms with Gasteiger partial charge in [0.15, 0.2) is 0 Å². The molecule has 0 radical (unpaired) electrons. The van der Waals surface area contributed by atoms with E-state index in [1.54, 1.807) is 12.7 Å². The molecule has 0 heterocycles. The largest absolute Gasteiger partial charge is 0.497 e. The molecule has 2 atom stereocenters. The van der Waals surface area contributed by atoms with Crippen LogP contribution < -0.4 is 4.74 Å². The van der Waals surface area contributed by atoms with Crippen molar-refractivity contribution in [3.63, 3.8) is 0 Å². The highest BCUT2D eigenvalue weighted by Crippen LogP contribution is 2.62. The first-order chi connectivity index (χ1) is 9.98. The van der Waals surface area contributed by atoms with Crippen LogP contribution in [0.5, 0.6) is 5.75 Å². The Bertz CT molecular complexity index is 507. The molecule has 1 fully saturated rings. The number of hydrogen-bond acceptors (Lipinski definition) is 1. The molecule has 2 aliphatic carbocycles. The molecule has 0 spiro atoms. The van der Waals surface area contributed by atoms with Crippen LogP contribution in [0.15, 0.2) is 48.6 Å². The first-order valence-electron chi connectivity index (χ1n) is 7.95. The normalized spacial score (nSPS) is 24.9. The van der Waals surface area contributed by atoms with Gasteiger partial charge in [0.2, 0.25) is 0 Å². The molecule has 1 aromatic rings. The van der Waals surface area contributed by atoms with Crippen molar-refractivity contribution in [3.05, 3.63) is 54.1 Å². The van der Waals surface area contributed by atoms with Gasteiger partial charge in [-0.25, -0.2) is 0 Å². The summed E-state index contributed by atoms with van der Waals surface area (Å²) in [5.41, 5.74) is 3.59. The van der Waals surface area contributed by atoms with Gasteiger partial charge < -0.3 is 4.74 Å². The van der Waals surface area contributed by atoms with Gasteiger partial charge in [-0.15, -0.1) is 6.58 Å². The Morgan fingerprint density at radius 3 is 2.38 bits per heavy atom. The molecule has 0 aromatic heterocycles. The highest BCUT2D eigenvalue weighted by molar-refractivity contribution is 5.37. The molecule has 0 bridgehead atoms. The summed E-state index contributed by atoms with van der Waals surface area (Å²) in [6, 6.07) is 8.00. The van der Waals surface area contributed by atoms with Crippen LogP contribution in [0.2, 0.25) is 0 Å². The van der Waals surface area contributed by atoms with Crippen molar-refractivity contribution in [3.8, 4) is 5.75 Å². The lowest BCUT2D eigenvalue weighted by Crippen LogP contribution is -1.95. The van der Waals surface area contributed by atoms with Crippen molar-refractivity contribution in [2.45, 2.75) is 40.0 Å². The summed E-state index contributed by atoms with van der Waals surface area (Å²) in [5, 5.41) is 0. The van der Waals surface area contributed by atoms with Crippen LogP contribution in [0.3, 0.4) is 0 Å². The van der Waals surface area contributed by atoms with Crippen molar-refractivity contribution >= 4 is 0 Å². The van der Waals surface area contributed by atoms with E-state index in [1.165, 1.54) is 18.4 Å². The Hall–Kier alpha value is -1.50. The molecule has 1 heteroatoms. The summed E-state index contributed by atoms with van der Waals surface area (Å²) in [6.45, 7) is 10.8. The van der Waals surface area contributed by atoms with Crippen molar-refractivity contribution in [1.82, 2.24) is 0 Å². The third kappa shape index (κ3) is 3.78. The van der Waals surface area contributed by atoms with E-state index in [1.807, 2.05) is 30.3 Å². The summed E-state index contributed by atoms with van der Waals surface area (Å²) in [4.78, 5) is 0. The lowest BCUT2D eigenvalue weighted by atomic mass is 9.98. The molecule has 0 saturated heterocycles. The standard InChI is InChI=1S/C10H12O.C10H16/c1-3-4-9-5-7-10(11-2)8-6-9;1-7-4-5-8-9(6-7)10(8,2)3/h3,5-8H,1,4H2,2H3;6-8H,4-5H2,1-3H3.